The summed E-state index contributed by atoms with van der Waals surface area (Å²) in [6.45, 7) is 5.82. The molecule has 2 aromatic rings. The van der Waals surface area contributed by atoms with Crippen molar-refractivity contribution in [3.63, 3.8) is 0 Å². The molecule has 5 nitrogen and oxygen atoms in total. The van der Waals surface area contributed by atoms with E-state index in [0.717, 1.165) is 30.9 Å². The van der Waals surface area contributed by atoms with Gasteiger partial charge in [0.05, 0.1) is 0 Å². The smallest absolute Gasteiger partial charge is 0.319 e. The maximum atomic E-state index is 12.2. The Bertz CT molecular complexity index is 744. The number of carbonyl (C=O) groups is 1. The molecule has 1 heterocycles. The lowest BCUT2D eigenvalue weighted by Gasteiger charge is -2.37. The molecule has 0 aliphatic carbocycles. The van der Waals surface area contributed by atoms with Gasteiger partial charge in [-0.15, -0.1) is 0 Å². The molecule has 0 radical (unpaired) electrons. The third-order valence-electron chi connectivity index (χ3n) is 4.97. The topological polar surface area (TPSA) is 47.6 Å². The van der Waals surface area contributed by atoms with Crippen LogP contribution in [0.4, 0.5) is 10.5 Å². The van der Waals surface area contributed by atoms with Crippen LogP contribution in [0.25, 0.3) is 11.1 Å². The van der Waals surface area contributed by atoms with Gasteiger partial charge in [0.1, 0.15) is 0 Å². The van der Waals surface area contributed by atoms with E-state index in [1.54, 1.807) is 0 Å². The Labute approximate surface area is 156 Å². The minimum absolute atomic E-state index is 0.157. The molecule has 0 saturated carbocycles. The van der Waals surface area contributed by atoms with Gasteiger partial charge in [-0.2, -0.15) is 0 Å². The minimum Gasteiger partial charge on any atom is -0.336 e. The van der Waals surface area contributed by atoms with E-state index in [4.69, 9.17) is 0 Å². The van der Waals surface area contributed by atoms with Crippen molar-refractivity contribution in [2.75, 3.05) is 45.6 Å². The molecule has 0 unspecified atom stereocenters. The van der Waals surface area contributed by atoms with Crippen molar-refractivity contribution < 1.29 is 4.79 Å². The minimum atomic E-state index is -0.157. The van der Waals surface area contributed by atoms with E-state index in [1.165, 1.54) is 11.1 Å². The maximum absolute atomic E-state index is 12.2. The molecule has 1 fully saturated rings. The highest BCUT2D eigenvalue weighted by Crippen LogP contribution is 2.22. The van der Waals surface area contributed by atoms with E-state index < -0.39 is 0 Å². The van der Waals surface area contributed by atoms with Crippen molar-refractivity contribution in [3.8, 4) is 11.1 Å². The van der Waals surface area contributed by atoms with Gasteiger partial charge in [-0.25, -0.2) is 4.79 Å². The fraction of sp³-hybridized carbons (Fsp3) is 0.381. The quantitative estimate of drug-likeness (QED) is 0.889. The third kappa shape index (κ3) is 4.84. The van der Waals surface area contributed by atoms with E-state index in [1.807, 2.05) is 24.3 Å². The van der Waals surface area contributed by atoms with Gasteiger partial charge < -0.3 is 15.5 Å². The van der Waals surface area contributed by atoms with Crippen molar-refractivity contribution in [1.82, 2.24) is 15.1 Å². The zero-order valence-electron chi connectivity index (χ0n) is 15.8. The molecule has 0 bridgehead atoms. The highest BCUT2D eigenvalue weighted by atomic mass is 16.2. The van der Waals surface area contributed by atoms with Gasteiger partial charge in [0.15, 0.2) is 0 Å². The third-order valence-corrected chi connectivity index (χ3v) is 4.97. The summed E-state index contributed by atoms with van der Waals surface area (Å²) in [7, 11) is 4.23. The Balaban J connectivity index is 1.53. The van der Waals surface area contributed by atoms with Crippen LogP contribution >= 0.6 is 0 Å². The molecular formula is C21H28N4O. The monoisotopic (exact) mass is 352 g/mol. The fourth-order valence-electron chi connectivity index (χ4n) is 3.28. The molecule has 0 spiro atoms. The lowest BCUT2D eigenvalue weighted by molar-refractivity contribution is 0.115. The molecule has 1 aliphatic heterocycles. The first-order chi connectivity index (χ1) is 12.5. The summed E-state index contributed by atoms with van der Waals surface area (Å²) < 4.78 is 0. The van der Waals surface area contributed by atoms with E-state index in [9.17, 15) is 4.79 Å². The average Bonchev–Trinajstić information content (AvgIpc) is 2.63. The van der Waals surface area contributed by atoms with Gasteiger partial charge in [-0.3, -0.25) is 4.90 Å². The summed E-state index contributed by atoms with van der Waals surface area (Å²) >= 11 is 0. The van der Waals surface area contributed by atoms with Crippen molar-refractivity contribution >= 4 is 11.7 Å². The maximum Gasteiger partial charge on any atom is 0.319 e. The molecule has 2 N–H and O–H groups in total. The Morgan fingerprint density at radius 3 is 2.58 bits per heavy atom. The number of anilines is 1. The number of nitrogens with one attached hydrogen (secondary N) is 2. The normalized spacial score (nSPS) is 18.5. The van der Waals surface area contributed by atoms with Crippen LogP contribution in [-0.2, 0) is 0 Å². The van der Waals surface area contributed by atoms with Crippen molar-refractivity contribution in [2.24, 2.45) is 0 Å². The first-order valence-electron chi connectivity index (χ1n) is 9.12. The molecule has 1 saturated heterocycles. The number of hydrogen-bond donors (Lipinski definition) is 2. The van der Waals surface area contributed by atoms with Gasteiger partial charge >= 0.3 is 6.03 Å². The Hall–Kier alpha value is -2.37. The predicted octanol–water partition coefficient (Wildman–Crippen LogP) is 3.03. The standard InChI is InChI=1S/C21H28N4O/c1-16-5-4-6-18(13-16)17-7-9-19(10-8-17)23-21(26)22-14-20-15-24(2)11-12-25(20)3/h4-10,13,20H,11-12,14-15H2,1-3H3,(H2,22,23,26)/t20-/m1/s1. The van der Waals surface area contributed by atoms with Crippen LogP contribution in [0.5, 0.6) is 0 Å². The number of nitrogens with zero attached hydrogens (tertiary/aromatic N) is 2. The van der Waals surface area contributed by atoms with Gasteiger partial charge in [-0.05, 0) is 44.3 Å². The largest absolute Gasteiger partial charge is 0.336 e. The molecule has 2 amide bonds. The Morgan fingerprint density at radius 2 is 1.85 bits per heavy atom. The number of likely N-dealkylation sites (N-methyl/N-ethyl adjacent to an activating group) is 2. The molecule has 138 valence electrons. The van der Waals surface area contributed by atoms with Crippen LogP contribution in [0.1, 0.15) is 5.56 Å². The van der Waals surface area contributed by atoms with Gasteiger partial charge in [0.25, 0.3) is 0 Å². The van der Waals surface area contributed by atoms with Crippen LogP contribution in [0.15, 0.2) is 48.5 Å². The van der Waals surface area contributed by atoms with Gasteiger partial charge in [-0.1, -0.05) is 42.0 Å². The molecule has 2 aromatic carbocycles. The van der Waals surface area contributed by atoms with Crippen molar-refractivity contribution in [3.05, 3.63) is 54.1 Å². The average molecular weight is 352 g/mol. The molecule has 5 heteroatoms. The Morgan fingerprint density at radius 1 is 1.08 bits per heavy atom. The number of hydrogen-bond acceptors (Lipinski definition) is 3. The first kappa shape index (κ1) is 18.4. The van der Waals surface area contributed by atoms with Crippen molar-refractivity contribution in [2.45, 2.75) is 13.0 Å². The van der Waals surface area contributed by atoms with E-state index >= 15 is 0 Å². The van der Waals surface area contributed by atoms with Crippen LogP contribution in [0, 0.1) is 6.92 Å². The van der Waals surface area contributed by atoms with Gasteiger partial charge in [0, 0.05) is 37.9 Å². The fourth-order valence-corrected chi connectivity index (χ4v) is 3.28. The second-order valence-corrected chi connectivity index (χ2v) is 7.18. The summed E-state index contributed by atoms with van der Waals surface area (Å²) in [6.07, 6.45) is 0. The molecule has 0 aromatic heterocycles. The zero-order chi connectivity index (χ0) is 18.5. The van der Waals surface area contributed by atoms with E-state index in [2.05, 4.69) is 65.7 Å². The number of piperazine rings is 1. The summed E-state index contributed by atoms with van der Waals surface area (Å²) in [5, 5.41) is 5.90. The predicted molar refractivity (Wildman–Crippen MR) is 108 cm³/mol. The molecule has 26 heavy (non-hydrogen) atoms. The second kappa shape index (κ2) is 8.34. The summed E-state index contributed by atoms with van der Waals surface area (Å²) in [5.74, 6) is 0. The number of amides is 2. The van der Waals surface area contributed by atoms with Crippen LogP contribution in [0.2, 0.25) is 0 Å². The number of urea groups is 1. The molecule has 1 aliphatic rings. The summed E-state index contributed by atoms with van der Waals surface area (Å²) in [4.78, 5) is 16.8. The highest BCUT2D eigenvalue weighted by molar-refractivity contribution is 5.89. The van der Waals surface area contributed by atoms with Crippen LogP contribution < -0.4 is 10.6 Å². The molecular weight excluding hydrogens is 324 g/mol. The number of benzene rings is 2. The number of carbonyl (C=O) groups excluding carboxylic acids is 1. The highest BCUT2D eigenvalue weighted by Gasteiger charge is 2.22. The molecule has 3 rings (SSSR count). The second-order valence-electron chi connectivity index (χ2n) is 7.18. The lowest BCUT2D eigenvalue weighted by atomic mass is 10.0. The van der Waals surface area contributed by atoms with Gasteiger partial charge in [0.2, 0.25) is 0 Å². The molecule has 1 atom stereocenters. The van der Waals surface area contributed by atoms with Crippen molar-refractivity contribution in [1.29, 1.82) is 0 Å². The lowest BCUT2D eigenvalue weighted by Crippen LogP contribution is -2.54. The summed E-state index contributed by atoms with van der Waals surface area (Å²) in [6, 6.07) is 16.6. The SMILES string of the molecule is Cc1cccc(-c2ccc(NC(=O)NC[C@@H]3CN(C)CCN3C)cc2)c1. The Kier molecular flexibility index (Phi) is 5.91. The van der Waals surface area contributed by atoms with Crippen LogP contribution in [0.3, 0.4) is 0 Å². The number of aryl methyl sites for hydroxylation is 1. The van der Waals surface area contributed by atoms with E-state index in [-0.39, 0.29) is 6.03 Å². The first-order valence-corrected chi connectivity index (χ1v) is 9.12. The number of rotatable bonds is 4. The summed E-state index contributed by atoms with van der Waals surface area (Å²) in [5.41, 5.74) is 4.37. The van der Waals surface area contributed by atoms with E-state index in [0.29, 0.717) is 12.6 Å². The van der Waals surface area contributed by atoms with Crippen LogP contribution in [-0.4, -0.2) is 62.1 Å². The zero-order valence-corrected chi connectivity index (χ0v) is 15.8.